The molecule has 6 heteroatoms. The number of aliphatic hydroxyl groups excluding tert-OH is 1. The van der Waals surface area contributed by atoms with E-state index in [0.29, 0.717) is 11.4 Å². The van der Waals surface area contributed by atoms with Crippen LogP contribution in [0, 0.1) is 0 Å². The van der Waals surface area contributed by atoms with E-state index < -0.39 is 6.09 Å². The van der Waals surface area contributed by atoms with E-state index in [1.165, 1.54) is 0 Å². The van der Waals surface area contributed by atoms with Gasteiger partial charge in [0, 0.05) is 4.47 Å². The Bertz CT molecular complexity index is 689. The van der Waals surface area contributed by atoms with E-state index >= 15 is 0 Å². The summed E-state index contributed by atoms with van der Waals surface area (Å²) in [6.45, 7) is 0.433. The van der Waals surface area contributed by atoms with Gasteiger partial charge in [-0.2, -0.15) is 0 Å². The van der Waals surface area contributed by atoms with Crippen LogP contribution in [0.2, 0.25) is 0 Å². The number of carbonyl (C=O) groups is 1. The quantitative estimate of drug-likeness (QED) is 0.696. The van der Waals surface area contributed by atoms with Gasteiger partial charge in [0.25, 0.3) is 0 Å². The smallest absolute Gasteiger partial charge is 0.412 e. The maximum Gasteiger partial charge on any atom is 0.412 e. The zero-order valence-corrected chi connectivity index (χ0v) is 14.5. The molecule has 0 unspecified atom stereocenters. The lowest BCUT2D eigenvalue weighted by Crippen LogP contribution is -2.14. The number of nitrogens with one attached hydrogen (secondary N) is 1. The summed E-state index contributed by atoms with van der Waals surface area (Å²) in [6, 6.07) is 14.7. The van der Waals surface area contributed by atoms with Crippen molar-refractivity contribution in [3.63, 3.8) is 0 Å². The number of amides is 1. The summed E-state index contributed by atoms with van der Waals surface area (Å²) in [5, 5.41) is 11.4. The van der Waals surface area contributed by atoms with Crippen LogP contribution in [0.25, 0.3) is 0 Å². The minimum atomic E-state index is -0.558. The Morgan fingerprint density at radius 1 is 1.17 bits per heavy atom. The van der Waals surface area contributed by atoms with Gasteiger partial charge >= 0.3 is 6.09 Å². The Morgan fingerprint density at radius 3 is 2.71 bits per heavy atom. The molecule has 126 valence electrons. The molecule has 0 saturated heterocycles. The number of rotatable bonds is 7. The molecule has 2 aromatic carbocycles. The van der Waals surface area contributed by atoms with Gasteiger partial charge in [0.2, 0.25) is 0 Å². The Kier molecular flexibility index (Phi) is 7.32. The largest absolute Gasteiger partial charge is 0.487 e. The highest BCUT2D eigenvalue weighted by atomic mass is 79.9. The van der Waals surface area contributed by atoms with Crippen molar-refractivity contribution in [1.29, 1.82) is 0 Å². The van der Waals surface area contributed by atoms with E-state index in [9.17, 15) is 4.79 Å². The maximum atomic E-state index is 12.0. The molecule has 0 aliphatic rings. The first-order chi connectivity index (χ1) is 11.7. The molecule has 0 bridgehead atoms. The Morgan fingerprint density at radius 2 is 1.96 bits per heavy atom. The first kappa shape index (κ1) is 18.0. The van der Waals surface area contributed by atoms with Gasteiger partial charge in [-0.3, -0.25) is 5.32 Å². The molecule has 2 N–H and O–H groups in total. The number of aliphatic hydroxyl groups is 1. The zero-order valence-electron chi connectivity index (χ0n) is 12.9. The van der Waals surface area contributed by atoms with E-state index in [-0.39, 0.29) is 19.8 Å². The minimum absolute atomic E-state index is 0.0429. The lowest BCUT2D eigenvalue weighted by Gasteiger charge is -2.12. The van der Waals surface area contributed by atoms with Crippen molar-refractivity contribution in [3.05, 3.63) is 70.7 Å². The van der Waals surface area contributed by atoms with Crippen molar-refractivity contribution in [2.75, 3.05) is 18.5 Å². The molecule has 0 radical (unpaired) electrons. The number of benzene rings is 2. The van der Waals surface area contributed by atoms with Gasteiger partial charge in [-0.25, -0.2) is 4.79 Å². The van der Waals surface area contributed by atoms with Crippen LogP contribution in [0.15, 0.2) is 65.2 Å². The molecule has 1 amide bonds. The normalized spacial score (nSPS) is 10.6. The molecule has 0 spiro atoms. The molecule has 0 aliphatic carbocycles. The molecule has 24 heavy (non-hydrogen) atoms. The fraction of sp³-hybridized carbons (Fsp3) is 0.167. The van der Waals surface area contributed by atoms with Gasteiger partial charge in [-0.1, -0.05) is 52.3 Å². The first-order valence-corrected chi connectivity index (χ1v) is 8.14. The summed E-state index contributed by atoms with van der Waals surface area (Å²) >= 11 is 3.36. The van der Waals surface area contributed by atoms with Crippen LogP contribution in [0.5, 0.6) is 5.75 Å². The van der Waals surface area contributed by atoms with Crippen molar-refractivity contribution < 1.29 is 19.4 Å². The lowest BCUT2D eigenvalue weighted by atomic mass is 10.2. The van der Waals surface area contributed by atoms with Crippen molar-refractivity contribution >= 4 is 27.7 Å². The molecular weight excluding hydrogens is 374 g/mol. The van der Waals surface area contributed by atoms with Crippen LogP contribution < -0.4 is 10.1 Å². The van der Waals surface area contributed by atoms with Gasteiger partial charge in [0.05, 0.1) is 12.3 Å². The summed E-state index contributed by atoms with van der Waals surface area (Å²) in [4.78, 5) is 12.0. The van der Waals surface area contributed by atoms with E-state index in [1.807, 2.05) is 30.3 Å². The average Bonchev–Trinajstić information content (AvgIpc) is 2.60. The number of carbonyl (C=O) groups excluding carboxylic acids is 1. The number of hydrogen-bond acceptors (Lipinski definition) is 4. The third kappa shape index (κ3) is 6.06. The highest BCUT2D eigenvalue weighted by molar-refractivity contribution is 9.10. The SMILES string of the molecule is O=C(Nc1ccc(Br)cc1OC/C=C/CO)OCc1ccccc1. The van der Waals surface area contributed by atoms with Crippen LogP contribution in [0.1, 0.15) is 5.56 Å². The number of ether oxygens (including phenoxy) is 2. The van der Waals surface area contributed by atoms with E-state index in [4.69, 9.17) is 14.6 Å². The minimum Gasteiger partial charge on any atom is -0.487 e. The van der Waals surface area contributed by atoms with Crippen molar-refractivity contribution in [2.24, 2.45) is 0 Å². The molecule has 2 rings (SSSR count). The predicted molar refractivity (Wildman–Crippen MR) is 96.1 cm³/mol. The Labute approximate surface area is 149 Å². The van der Waals surface area contributed by atoms with Gasteiger partial charge in [0.15, 0.2) is 0 Å². The second-order valence-corrected chi connectivity index (χ2v) is 5.71. The fourth-order valence-electron chi connectivity index (χ4n) is 1.87. The van der Waals surface area contributed by atoms with Crippen LogP contribution in [-0.2, 0) is 11.3 Å². The van der Waals surface area contributed by atoms with E-state index in [1.54, 1.807) is 30.4 Å². The average molecular weight is 392 g/mol. The van der Waals surface area contributed by atoms with Crippen LogP contribution in [0.4, 0.5) is 10.5 Å². The molecule has 0 aliphatic heterocycles. The molecule has 0 fully saturated rings. The van der Waals surface area contributed by atoms with Crippen molar-refractivity contribution in [3.8, 4) is 5.75 Å². The highest BCUT2D eigenvalue weighted by Crippen LogP contribution is 2.28. The summed E-state index contributed by atoms with van der Waals surface area (Å²) in [6.07, 6.45) is 2.72. The molecular formula is C18H18BrNO4. The molecule has 0 atom stereocenters. The Balaban J connectivity index is 1.94. The first-order valence-electron chi connectivity index (χ1n) is 7.35. The number of hydrogen-bond donors (Lipinski definition) is 2. The van der Waals surface area contributed by atoms with Crippen LogP contribution in [-0.4, -0.2) is 24.4 Å². The van der Waals surface area contributed by atoms with Crippen molar-refractivity contribution in [1.82, 2.24) is 0 Å². The molecule has 0 aromatic heterocycles. The fourth-order valence-corrected chi connectivity index (χ4v) is 2.21. The molecule has 0 heterocycles. The number of halogens is 1. The summed E-state index contributed by atoms with van der Waals surface area (Å²) in [5.74, 6) is 0.503. The van der Waals surface area contributed by atoms with Gasteiger partial charge < -0.3 is 14.6 Å². The summed E-state index contributed by atoms with van der Waals surface area (Å²) < 4.78 is 11.6. The second-order valence-electron chi connectivity index (χ2n) is 4.79. The second kappa shape index (κ2) is 9.75. The third-order valence-electron chi connectivity index (χ3n) is 3.00. The van der Waals surface area contributed by atoms with Crippen LogP contribution >= 0.6 is 15.9 Å². The zero-order chi connectivity index (χ0) is 17.2. The van der Waals surface area contributed by atoms with Gasteiger partial charge in [0.1, 0.15) is 19.0 Å². The van der Waals surface area contributed by atoms with Gasteiger partial charge in [-0.05, 0) is 29.8 Å². The highest BCUT2D eigenvalue weighted by Gasteiger charge is 2.09. The third-order valence-corrected chi connectivity index (χ3v) is 3.49. The molecule has 0 saturated carbocycles. The van der Waals surface area contributed by atoms with Crippen molar-refractivity contribution in [2.45, 2.75) is 6.61 Å². The van der Waals surface area contributed by atoms with E-state index in [2.05, 4.69) is 21.2 Å². The summed E-state index contributed by atoms with van der Waals surface area (Å²) in [7, 11) is 0. The molecule has 2 aromatic rings. The van der Waals surface area contributed by atoms with Crippen LogP contribution in [0.3, 0.4) is 0 Å². The Hall–Kier alpha value is -2.31. The standard InChI is InChI=1S/C18H18BrNO4/c19-15-8-9-16(17(12-15)23-11-5-4-10-21)20-18(22)24-13-14-6-2-1-3-7-14/h1-9,12,21H,10-11,13H2,(H,20,22)/b5-4+. The maximum absolute atomic E-state index is 12.0. The van der Waals surface area contributed by atoms with Gasteiger partial charge in [-0.15, -0.1) is 0 Å². The predicted octanol–water partition coefficient (Wildman–Crippen LogP) is 4.13. The molecule has 5 nitrogen and oxygen atoms in total. The summed E-state index contributed by atoms with van der Waals surface area (Å²) in [5.41, 5.74) is 1.42. The van der Waals surface area contributed by atoms with E-state index in [0.717, 1.165) is 10.0 Å². The topological polar surface area (TPSA) is 67.8 Å². The number of anilines is 1. The monoisotopic (exact) mass is 391 g/mol. The lowest BCUT2D eigenvalue weighted by molar-refractivity contribution is 0.155.